The smallest absolute Gasteiger partial charge is 0.412 e. The third-order valence-electron chi connectivity index (χ3n) is 5.86. The molecule has 0 spiro atoms. The minimum absolute atomic E-state index is 0.0884. The molecule has 0 saturated heterocycles. The van der Waals surface area contributed by atoms with Gasteiger partial charge in [0.1, 0.15) is 6.61 Å². The third kappa shape index (κ3) is 4.47. The zero-order valence-corrected chi connectivity index (χ0v) is 18.7. The second kappa shape index (κ2) is 9.74. The number of ether oxygens (including phenoxy) is 1. The number of benzene rings is 2. The molecule has 2 N–H and O–H groups in total. The summed E-state index contributed by atoms with van der Waals surface area (Å²) >= 11 is 0. The highest BCUT2D eigenvalue weighted by Gasteiger charge is 2.31. The van der Waals surface area contributed by atoms with Crippen molar-refractivity contribution < 1.29 is 28.9 Å². The minimum atomic E-state index is -1.03. The van der Waals surface area contributed by atoms with Gasteiger partial charge in [-0.15, -0.1) is 0 Å². The van der Waals surface area contributed by atoms with E-state index in [4.69, 9.17) is 9.84 Å². The van der Waals surface area contributed by atoms with Crippen LogP contribution in [0, 0.1) is 0 Å². The maximum absolute atomic E-state index is 12.9. The van der Waals surface area contributed by atoms with Crippen LogP contribution in [-0.2, 0) is 9.53 Å². The number of carbonyl (C=O) groups is 3. The lowest BCUT2D eigenvalue weighted by molar-refractivity contribution is -0.138. The molecule has 1 atom stereocenters. The summed E-state index contributed by atoms with van der Waals surface area (Å²) in [5, 5.41) is 18.6. The first-order valence-corrected chi connectivity index (χ1v) is 10.9. The van der Waals surface area contributed by atoms with Gasteiger partial charge in [-0.2, -0.15) is 0 Å². The van der Waals surface area contributed by atoms with Crippen molar-refractivity contribution in [3.8, 4) is 11.1 Å². The van der Waals surface area contributed by atoms with Crippen molar-refractivity contribution in [2.24, 2.45) is 0 Å². The molecule has 176 valence electrons. The first-order chi connectivity index (χ1) is 16.4. The van der Waals surface area contributed by atoms with Gasteiger partial charge in [-0.1, -0.05) is 48.5 Å². The van der Waals surface area contributed by atoms with Crippen molar-refractivity contribution in [3.63, 3.8) is 0 Å². The number of carbonyl (C=O) groups excluding carboxylic acids is 2. The van der Waals surface area contributed by atoms with Gasteiger partial charge in [-0.3, -0.25) is 14.9 Å². The third-order valence-corrected chi connectivity index (χ3v) is 5.86. The number of anilines is 1. The van der Waals surface area contributed by atoms with E-state index in [0.717, 1.165) is 22.3 Å². The molecule has 10 nitrogen and oxygen atoms in total. The Morgan fingerprint density at radius 3 is 2.29 bits per heavy atom. The minimum Gasteiger partial charge on any atom is -0.481 e. The molecule has 2 amide bonds. The summed E-state index contributed by atoms with van der Waals surface area (Å²) in [6, 6.07) is 15.3. The molecule has 1 unspecified atom stereocenters. The number of rotatable bonds is 8. The Hall–Kier alpha value is -4.21. The lowest BCUT2D eigenvalue weighted by Gasteiger charge is -2.26. The van der Waals surface area contributed by atoms with Gasteiger partial charge in [-0.25, -0.2) is 9.42 Å². The van der Waals surface area contributed by atoms with Crippen LogP contribution in [0.4, 0.5) is 10.6 Å². The molecule has 1 aliphatic rings. The zero-order valence-electron chi connectivity index (χ0n) is 18.7. The van der Waals surface area contributed by atoms with Crippen molar-refractivity contribution in [3.05, 3.63) is 65.4 Å². The standard InChI is InChI=1S/C24H24N4O6/c1-3-28(14(2)12-20(29)30)23(31)21-22(27-34-26-21)25-24(32)33-13-19-17-10-6-4-8-15(17)16-9-5-7-11-18(16)19/h4-11,14,19H,3,12-13H2,1-2H3,(H,29,30)(H,25,27,32). The van der Waals surface area contributed by atoms with E-state index >= 15 is 0 Å². The second-order valence-corrected chi connectivity index (χ2v) is 7.95. The maximum atomic E-state index is 12.9. The monoisotopic (exact) mass is 464 g/mol. The number of hydrogen-bond donors (Lipinski definition) is 2. The van der Waals surface area contributed by atoms with E-state index in [1.165, 1.54) is 4.90 Å². The molecule has 34 heavy (non-hydrogen) atoms. The van der Waals surface area contributed by atoms with Crippen LogP contribution >= 0.6 is 0 Å². The summed E-state index contributed by atoms with van der Waals surface area (Å²) in [5.41, 5.74) is 4.13. The number of amides is 2. The largest absolute Gasteiger partial charge is 0.481 e. The molecule has 3 aromatic rings. The van der Waals surface area contributed by atoms with Crippen LogP contribution in [0.5, 0.6) is 0 Å². The van der Waals surface area contributed by atoms with Crippen LogP contribution in [0.2, 0.25) is 0 Å². The van der Waals surface area contributed by atoms with E-state index in [1.807, 2.05) is 48.5 Å². The summed E-state index contributed by atoms with van der Waals surface area (Å²) in [4.78, 5) is 37.8. The number of nitrogens with zero attached hydrogens (tertiary/aromatic N) is 3. The van der Waals surface area contributed by atoms with E-state index in [1.54, 1.807) is 13.8 Å². The first kappa shape index (κ1) is 23.0. The van der Waals surface area contributed by atoms with E-state index in [0.29, 0.717) is 0 Å². The quantitative estimate of drug-likeness (QED) is 0.515. The molecule has 2 aromatic carbocycles. The summed E-state index contributed by atoms with van der Waals surface area (Å²) in [6.45, 7) is 3.65. The number of nitrogens with one attached hydrogen (secondary N) is 1. The number of fused-ring (bicyclic) bond motifs is 3. The molecule has 1 heterocycles. The molecule has 0 aliphatic heterocycles. The number of aliphatic carboxylic acids is 1. The van der Waals surface area contributed by atoms with Crippen LogP contribution < -0.4 is 5.32 Å². The molecule has 0 saturated carbocycles. The summed E-state index contributed by atoms with van der Waals surface area (Å²) in [7, 11) is 0. The second-order valence-electron chi connectivity index (χ2n) is 7.95. The van der Waals surface area contributed by atoms with Crippen LogP contribution in [0.15, 0.2) is 53.2 Å². The Morgan fingerprint density at radius 2 is 1.71 bits per heavy atom. The molecule has 0 fully saturated rings. The topological polar surface area (TPSA) is 135 Å². The van der Waals surface area contributed by atoms with Gasteiger partial charge in [0.05, 0.1) is 6.42 Å². The number of hydrogen-bond acceptors (Lipinski definition) is 7. The molecular weight excluding hydrogens is 440 g/mol. The lowest BCUT2D eigenvalue weighted by atomic mass is 9.98. The highest BCUT2D eigenvalue weighted by Crippen LogP contribution is 2.44. The normalized spacial score (nSPS) is 13.0. The highest BCUT2D eigenvalue weighted by molar-refractivity contribution is 5.99. The van der Waals surface area contributed by atoms with Crippen molar-refractivity contribution in [1.82, 2.24) is 15.2 Å². The van der Waals surface area contributed by atoms with E-state index in [9.17, 15) is 14.4 Å². The van der Waals surface area contributed by atoms with Gasteiger partial charge in [-0.05, 0) is 46.4 Å². The predicted octanol–water partition coefficient (Wildman–Crippen LogP) is 3.76. The Labute approximate surface area is 195 Å². The summed E-state index contributed by atoms with van der Waals surface area (Å²) in [5.74, 6) is -1.95. The summed E-state index contributed by atoms with van der Waals surface area (Å²) < 4.78 is 10.1. The fraction of sp³-hybridized carbons (Fsp3) is 0.292. The van der Waals surface area contributed by atoms with Gasteiger partial charge in [0.25, 0.3) is 5.91 Å². The SMILES string of the molecule is CCN(C(=O)c1nonc1NC(=O)OCC1c2ccccc2-c2ccccc21)C(C)CC(=O)O. The van der Waals surface area contributed by atoms with Crippen LogP contribution in [0.25, 0.3) is 11.1 Å². The Kier molecular flexibility index (Phi) is 6.58. The number of carboxylic acids is 1. The molecule has 1 aromatic heterocycles. The fourth-order valence-corrected chi connectivity index (χ4v) is 4.30. The Bertz CT molecular complexity index is 1180. The Morgan fingerprint density at radius 1 is 1.09 bits per heavy atom. The average molecular weight is 464 g/mol. The highest BCUT2D eigenvalue weighted by atomic mass is 16.6. The van der Waals surface area contributed by atoms with Gasteiger partial charge in [0.2, 0.25) is 11.5 Å². The molecular formula is C24H24N4O6. The molecule has 0 radical (unpaired) electrons. The molecule has 4 rings (SSSR count). The van der Waals surface area contributed by atoms with Crippen molar-refractivity contribution >= 4 is 23.8 Å². The van der Waals surface area contributed by atoms with Gasteiger partial charge < -0.3 is 14.7 Å². The van der Waals surface area contributed by atoms with Gasteiger partial charge in [0.15, 0.2) is 0 Å². The predicted molar refractivity (Wildman–Crippen MR) is 121 cm³/mol. The molecule has 0 bridgehead atoms. The van der Waals surface area contributed by atoms with E-state index in [2.05, 4.69) is 20.3 Å². The van der Waals surface area contributed by atoms with Crippen LogP contribution in [0.3, 0.4) is 0 Å². The average Bonchev–Trinajstić information content (AvgIpc) is 3.40. The van der Waals surface area contributed by atoms with Crippen LogP contribution in [0.1, 0.15) is 47.8 Å². The fourth-order valence-electron chi connectivity index (χ4n) is 4.30. The lowest BCUT2D eigenvalue weighted by Crippen LogP contribution is -2.40. The maximum Gasteiger partial charge on any atom is 0.412 e. The van der Waals surface area contributed by atoms with Crippen molar-refractivity contribution in [2.45, 2.75) is 32.2 Å². The zero-order chi connectivity index (χ0) is 24.2. The van der Waals surface area contributed by atoms with Crippen LogP contribution in [-0.4, -0.2) is 57.5 Å². The Balaban J connectivity index is 1.44. The number of aromatic nitrogens is 2. The number of carboxylic acid groups (broad SMARTS) is 1. The van der Waals surface area contributed by atoms with E-state index in [-0.39, 0.29) is 37.0 Å². The summed E-state index contributed by atoms with van der Waals surface area (Å²) in [6.07, 6.45) is -1.05. The van der Waals surface area contributed by atoms with Crippen molar-refractivity contribution in [2.75, 3.05) is 18.5 Å². The first-order valence-electron chi connectivity index (χ1n) is 10.9. The van der Waals surface area contributed by atoms with Crippen molar-refractivity contribution in [1.29, 1.82) is 0 Å². The van der Waals surface area contributed by atoms with Gasteiger partial charge in [0, 0.05) is 18.5 Å². The van der Waals surface area contributed by atoms with Gasteiger partial charge >= 0.3 is 12.1 Å². The molecule has 10 heteroatoms. The van der Waals surface area contributed by atoms with E-state index < -0.39 is 24.0 Å². The molecule has 1 aliphatic carbocycles.